The fourth-order valence-corrected chi connectivity index (χ4v) is 3.37. The standard InChI is InChI=1S/C24H21FN4O/c1-3-10-30-21-13-18(16-7-8-20(25)15(4-2)11-16)12-19-22(21)28-24(29-23(19)26)17-6-5-9-27-14-17/h2,5,7-9,11-14,17H,3,6,10H2,1H3,(H2,26,28,29). The van der Waals surface area contributed by atoms with Crippen LogP contribution in [0, 0.1) is 18.2 Å². The molecule has 0 spiro atoms. The van der Waals surface area contributed by atoms with Crippen LogP contribution < -0.4 is 10.5 Å². The van der Waals surface area contributed by atoms with E-state index in [9.17, 15) is 4.39 Å². The van der Waals surface area contributed by atoms with Crippen molar-refractivity contribution >= 4 is 22.9 Å². The third-order valence-corrected chi connectivity index (χ3v) is 4.91. The molecule has 5 nitrogen and oxygen atoms in total. The molecule has 3 aromatic rings. The molecule has 1 atom stereocenters. The minimum atomic E-state index is -0.430. The zero-order valence-corrected chi connectivity index (χ0v) is 16.6. The first-order valence-corrected chi connectivity index (χ1v) is 9.79. The van der Waals surface area contributed by atoms with Gasteiger partial charge in [0, 0.05) is 17.8 Å². The number of aliphatic imine (C=N–C) groups is 1. The lowest BCUT2D eigenvalue weighted by Crippen LogP contribution is -2.10. The maximum atomic E-state index is 13.8. The number of halogens is 1. The van der Waals surface area contributed by atoms with Crippen LogP contribution in [0.15, 0.2) is 47.6 Å². The van der Waals surface area contributed by atoms with Crippen LogP contribution in [0.2, 0.25) is 0 Å². The molecule has 2 heterocycles. The summed E-state index contributed by atoms with van der Waals surface area (Å²) in [5.41, 5.74) is 8.74. The van der Waals surface area contributed by atoms with E-state index in [4.69, 9.17) is 21.9 Å². The molecule has 30 heavy (non-hydrogen) atoms. The summed E-state index contributed by atoms with van der Waals surface area (Å²) in [6, 6.07) is 8.44. The molecular weight excluding hydrogens is 379 g/mol. The molecular formula is C24H21FN4O. The second-order valence-corrected chi connectivity index (χ2v) is 7.05. The van der Waals surface area contributed by atoms with Gasteiger partial charge in [-0.1, -0.05) is 25.0 Å². The Hall–Kier alpha value is -3.72. The Balaban J connectivity index is 1.88. The van der Waals surface area contributed by atoms with Crippen molar-refractivity contribution in [2.24, 2.45) is 4.99 Å². The molecule has 0 amide bonds. The van der Waals surface area contributed by atoms with Gasteiger partial charge in [0.2, 0.25) is 0 Å². The Kier molecular flexibility index (Phi) is 5.44. The maximum Gasteiger partial charge on any atom is 0.146 e. The smallest absolute Gasteiger partial charge is 0.146 e. The topological polar surface area (TPSA) is 73.4 Å². The average molecular weight is 400 g/mol. The van der Waals surface area contributed by atoms with Crippen molar-refractivity contribution in [3.8, 4) is 29.2 Å². The molecule has 0 aliphatic carbocycles. The molecule has 0 saturated carbocycles. The van der Waals surface area contributed by atoms with Crippen molar-refractivity contribution in [1.82, 2.24) is 9.97 Å². The minimum absolute atomic E-state index is 0.0318. The Labute approximate surface area is 174 Å². The first kappa shape index (κ1) is 19.6. The molecule has 0 radical (unpaired) electrons. The quantitative estimate of drug-likeness (QED) is 0.621. The summed E-state index contributed by atoms with van der Waals surface area (Å²) in [6.45, 7) is 2.56. The van der Waals surface area contributed by atoms with Gasteiger partial charge in [0.05, 0.1) is 18.1 Å². The van der Waals surface area contributed by atoms with Gasteiger partial charge in [-0.2, -0.15) is 0 Å². The fourth-order valence-electron chi connectivity index (χ4n) is 3.37. The molecule has 1 unspecified atom stereocenters. The van der Waals surface area contributed by atoms with Crippen LogP contribution in [0.4, 0.5) is 10.2 Å². The predicted molar refractivity (Wildman–Crippen MR) is 118 cm³/mol. The summed E-state index contributed by atoms with van der Waals surface area (Å²) < 4.78 is 19.8. The normalized spacial score (nSPS) is 15.3. The summed E-state index contributed by atoms with van der Waals surface area (Å²) in [5.74, 6) is 3.49. The highest BCUT2D eigenvalue weighted by molar-refractivity contribution is 5.96. The minimum Gasteiger partial charge on any atom is -0.491 e. The highest BCUT2D eigenvalue weighted by Crippen LogP contribution is 2.35. The Morgan fingerprint density at radius 3 is 2.83 bits per heavy atom. The largest absolute Gasteiger partial charge is 0.491 e. The number of anilines is 1. The van der Waals surface area contributed by atoms with E-state index in [1.807, 2.05) is 31.3 Å². The highest BCUT2D eigenvalue weighted by atomic mass is 19.1. The van der Waals surface area contributed by atoms with Crippen molar-refractivity contribution in [2.75, 3.05) is 12.3 Å². The van der Waals surface area contributed by atoms with Crippen LogP contribution in [0.1, 0.15) is 37.1 Å². The predicted octanol–water partition coefficient (Wildman–Crippen LogP) is 4.86. The second-order valence-electron chi connectivity index (χ2n) is 7.05. The monoisotopic (exact) mass is 400 g/mol. The van der Waals surface area contributed by atoms with Crippen molar-refractivity contribution in [3.05, 3.63) is 59.8 Å². The zero-order chi connectivity index (χ0) is 21.1. The molecule has 1 aliphatic rings. The number of nitrogens with two attached hydrogens (primary N) is 1. The molecule has 0 fully saturated rings. The first-order valence-electron chi connectivity index (χ1n) is 9.79. The van der Waals surface area contributed by atoms with Crippen LogP contribution in [0.5, 0.6) is 5.75 Å². The van der Waals surface area contributed by atoms with Crippen LogP contribution in [-0.2, 0) is 0 Å². The summed E-state index contributed by atoms with van der Waals surface area (Å²) in [4.78, 5) is 13.5. The number of ether oxygens (including phenoxy) is 1. The number of fused-ring (bicyclic) bond motifs is 1. The van der Waals surface area contributed by atoms with E-state index in [0.29, 0.717) is 34.9 Å². The van der Waals surface area contributed by atoms with Gasteiger partial charge in [0.15, 0.2) is 0 Å². The van der Waals surface area contributed by atoms with E-state index in [-0.39, 0.29) is 11.5 Å². The number of hydrogen-bond donors (Lipinski definition) is 1. The Bertz CT molecular complexity index is 1210. The van der Waals surface area contributed by atoms with Crippen molar-refractivity contribution < 1.29 is 9.13 Å². The van der Waals surface area contributed by atoms with E-state index in [0.717, 1.165) is 24.0 Å². The number of allylic oxidation sites excluding steroid dienone is 1. The number of hydrogen-bond acceptors (Lipinski definition) is 5. The van der Waals surface area contributed by atoms with Gasteiger partial charge in [-0.25, -0.2) is 14.4 Å². The lowest BCUT2D eigenvalue weighted by Gasteiger charge is -2.16. The number of aromatic nitrogens is 2. The van der Waals surface area contributed by atoms with E-state index in [1.54, 1.807) is 18.3 Å². The van der Waals surface area contributed by atoms with E-state index >= 15 is 0 Å². The lowest BCUT2D eigenvalue weighted by atomic mass is 10.00. The molecule has 4 rings (SSSR count). The first-order chi connectivity index (χ1) is 14.6. The van der Waals surface area contributed by atoms with Gasteiger partial charge in [0.1, 0.15) is 28.7 Å². The number of benzene rings is 2. The molecule has 150 valence electrons. The molecule has 0 bridgehead atoms. The number of terminal acetylenes is 1. The molecule has 2 aromatic carbocycles. The maximum absolute atomic E-state index is 13.8. The van der Waals surface area contributed by atoms with Gasteiger partial charge in [0.25, 0.3) is 0 Å². The Morgan fingerprint density at radius 2 is 2.10 bits per heavy atom. The molecule has 0 saturated heterocycles. The van der Waals surface area contributed by atoms with Gasteiger partial charge >= 0.3 is 0 Å². The van der Waals surface area contributed by atoms with Crippen molar-refractivity contribution in [3.63, 3.8) is 0 Å². The van der Waals surface area contributed by atoms with Crippen LogP contribution in [-0.4, -0.2) is 22.8 Å². The fraction of sp³-hybridized carbons (Fsp3) is 0.208. The highest BCUT2D eigenvalue weighted by Gasteiger charge is 2.19. The van der Waals surface area contributed by atoms with Gasteiger partial charge in [-0.05, 0) is 48.2 Å². The number of rotatable bonds is 5. The van der Waals surface area contributed by atoms with Crippen LogP contribution >= 0.6 is 0 Å². The third kappa shape index (κ3) is 3.74. The summed E-state index contributed by atoms with van der Waals surface area (Å²) in [5, 5.41) is 0.678. The molecule has 2 N–H and O–H groups in total. The zero-order valence-electron chi connectivity index (χ0n) is 16.6. The van der Waals surface area contributed by atoms with Crippen molar-refractivity contribution in [2.45, 2.75) is 25.7 Å². The number of nitrogen functional groups attached to an aromatic ring is 1. The summed E-state index contributed by atoms with van der Waals surface area (Å²) in [6.07, 6.45) is 12.6. The molecule has 6 heteroatoms. The van der Waals surface area contributed by atoms with Gasteiger partial charge in [-0.15, -0.1) is 6.42 Å². The van der Waals surface area contributed by atoms with E-state index in [2.05, 4.69) is 15.9 Å². The average Bonchev–Trinajstić information content (AvgIpc) is 2.78. The third-order valence-electron chi connectivity index (χ3n) is 4.91. The second kappa shape index (κ2) is 8.34. The lowest BCUT2D eigenvalue weighted by molar-refractivity contribution is 0.320. The van der Waals surface area contributed by atoms with E-state index in [1.165, 1.54) is 6.07 Å². The van der Waals surface area contributed by atoms with Crippen molar-refractivity contribution in [1.29, 1.82) is 0 Å². The van der Waals surface area contributed by atoms with E-state index < -0.39 is 5.82 Å². The van der Waals surface area contributed by atoms with Crippen LogP contribution in [0.3, 0.4) is 0 Å². The van der Waals surface area contributed by atoms with Gasteiger partial charge in [-0.3, -0.25) is 4.99 Å². The van der Waals surface area contributed by atoms with Gasteiger partial charge < -0.3 is 10.5 Å². The summed E-state index contributed by atoms with van der Waals surface area (Å²) in [7, 11) is 0. The molecule has 1 aliphatic heterocycles. The summed E-state index contributed by atoms with van der Waals surface area (Å²) >= 11 is 0. The Morgan fingerprint density at radius 1 is 1.23 bits per heavy atom. The number of nitrogens with zero attached hydrogens (tertiary/aromatic N) is 3. The molecule has 1 aromatic heterocycles. The SMILES string of the molecule is C#Cc1cc(-c2cc(OCCC)c3nc(C4C=NC=CC4)nc(N)c3c2)ccc1F. The van der Waals surface area contributed by atoms with Crippen LogP contribution in [0.25, 0.3) is 22.0 Å².